The van der Waals surface area contributed by atoms with Crippen molar-refractivity contribution < 1.29 is 0 Å². The molecule has 0 radical (unpaired) electrons. The van der Waals surface area contributed by atoms with Crippen LogP contribution in [0.25, 0.3) is 10.9 Å². The van der Waals surface area contributed by atoms with Crippen molar-refractivity contribution in [2.45, 2.75) is 44.7 Å². The number of hydrogen-bond donors (Lipinski definition) is 1. The molecular weight excluding hydrogens is 220 g/mol. The van der Waals surface area contributed by atoms with Gasteiger partial charge in [0.25, 0.3) is 0 Å². The molecule has 2 nitrogen and oxygen atoms in total. The molecule has 1 aliphatic rings. The Kier molecular flexibility index (Phi) is 3.04. The molecule has 0 unspecified atom stereocenters. The Hall–Kier alpha value is -1.41. The van der Waals surface area contributed by atoms with Gasteiger partial charge in [-0.1, -0.05) is 19.1 Å². The van der Waals surface area contributed by atoms with Gasteiger partial charge in [0.15, 0.2) is 0 Å². The highest BCUT2D eigenvalue weighted by Crippen LogP contribution is 2.34. The number of rotatable bonds is 4. The minimum Gasteiger partial charge on any atom is -0.307 e. The highest BCUT2D eigenvalue weighted by atomic mass is 15.0. The first-order chi connectivity index (χ1) is 8.81. The van der Waals surface area contributed by atoms with Crippen LogP contribution in [0.1, 0.15) is 38.2 Å². The monoisotopic (exact) mass is 240 g/mol. The second-order valence-corrected chi connectivity index (χ2v) is 5.37. The summed E-state index contributed by atoms with van der Waals surface area (Å²) in [6.07, 6.45) is 7.13. The lowest BCUT2D eigenvalue weighted by Gasteiger charge is -2.42. The van der Waals surface area contributed by atoms with Crippen molar-refractivity contribution in [1.29, 1.82) is 0 Å². The minimum atomic E-state index is 0.421. The maximum absolute atomic E-state index is 4.35. The third-order valence-corrected chi connectivity index (χ3v) is 4.32. The lowest BCUT2D eigenvalue weighted by molar-refractivity contribution is 0.175. The number of benzene rings is 1. The van der Waals surface area contributed by atoms with E-state index in [4.69, 9.17) is 0 Å². The molecule has 94 valence electrons. The van der Waals surface area contributed by atoms with Gasteiger partial charge in [-0.3, -0.25) is 4.98 Å². The Morgan fingerprint density at radius 3 is 2.89 bits per heavy atom. The van der Waals surface area contributed by atoms with Crippen molar-refractivity contribution in [3.8, 4) is 0 Å². The van der Waals surface area contributed by atoms with E-state index in [0.717, 1.165) is 12.1 Å². The van der Waals surface area contributed by atoms with E-state index in [2.05, 4.69) is 41.5 Å². The van der Waals surface area contributed by atoms with Crippen LogP contribution in [0.5, 0.6) is 0 Å². The van der Waals surface area contributed by atoms with Crippen LogP contribution in [0.2, 0.25) is 0 Å². The predicted molar refractivity (Wildman–Crippen MR) is 75.5 cm³/mol. The fourth-order valence-electron chi connectivity index (χ4n) is 2.78. The molecular formula is C16H20N2. The summed E-state index contributed by atoms with van der Waals surface area (Å²) in [5.41, 5.74) is 2.86. The van der Waals surface area contributed by atoms with Crippen molar-refractivity contribution in [1.82, 2.24) is 10.3 Å². The largest absolute Gasteiger partial charge is 0.307 e. The van der Waals surface area contributed by atoms with E-state index in [9.17, 15) is 0 Å². The number of aromatic nitrogens is 1. The molecule has 1 aromatic carbocycles. The van der Waals surface area contributed by atoms with Crippen LogP contribution in [-0.4, -0.2) is 10.5 Å². The van der Waals surface area contributed by atoms with Crippen LogP contribution < -0.4 is 5.32 Å². The molecule has 2 heteroatoms. The standard InChI is InChI=1S/C16H20N2/c1-2-16(8-4-9-16)18-12-13-6-7-15-14(11-13)5-3-10-17-15/h3,5-7,10-11,18H,2,4,8-9,12H2,1H3. The van der Waals surface area contributed by atoms with E-state index in [1.165, 1.54) is 36.6 Å². The van der Waals surface area contributed by atoms with Crippen LogP contribution in [0, 0.1) is 0 Å². The van der Waals surface area contributed by atoms with Crippen LogP contribution in [0.4, 0.5) is 0 Å². The van der Waals surface area contributed by atoms with Gasteiger partial charge in [-0.25, -0.2) is 0 Å². The zero-order valence-corrected chi connectivity index (χ0v) is 10.9. The Labute approximate surface area is 108 Å². The fraction of sp³-hybridized carbons (Fsp3) is 0.438. The molecule has 1 aliphatic carbocycles. The van der Waals surface area contributed by atoms with Crippen molar-refractivity contribution >= 4 is 10.9 Å². The predicted octanol–water partition coefficient (Wildman–Crippen LogP) is 3.66. The quantitative estimate of drug-likeness (QED) is 0.882. The van der Waals surface area contributed by atoms with Gasteiger partial charge in [0, 0.05) is 23.7 Å². The first-order valence-electron chi connectivity index (χ1n) is 6.90. The lowest BCUT2D eigenvalue weighted by atomic mass is 9.75. The highest BCUT2D eigenvalue weighted by Gasteiger charge is 2.34. The Morgan fingerprint density at radius 2 is 2.17 bits per heavy atom. The molecule has 18 heavy (non-hydrogen) atoms. The van der Waals surface area contributed by atoms with Gasteiger partial charge in [-0.2, -0.15) is 0 Å². The average molecular weight is 240 g/mol. The van der Waals surface area contributed by atoms with Gasteiger partial charge in [-0.05, 0) is 49.4 Å². The maximum Gasteiger partial charge on any atom is 0.0702 e. The lowest BCUT2D eigenvalue weighted by Crippen LogP contribution is -2.49. The van der Waals surface area contributed by atoms with E-state index in [0.29, 0.717) is 5.54 Å². The van der Waals surface area contributed by atoms with Gasteiger partial charge in [-0.15, -0.1) is 0 Å². The van der Waals surface area contributed by atoms with Gasteiger partial charge in [0.1, 0.15) is 0 Å². The summed E-state index contributed by atoms with van der Waals surface area (Å²) in [7, 11) is 0. The van der Waals surface area contributed by atoms with Crippen molar-refractivity contribution in [2.75, 3.05) is 0 Å². The normalized spacial score (nSPS) is 17.6. The molecule has 0 amide bonds. The van der Waals surface area contributed by atoms with E-state index in [1.807, 2.05) is 12.3 Å². The van der Waals surface area contributed by atoms with Crippen LogP contribution >= 0.6 is 0 Å². The molecule has 0 atom stereocenters. The molecule has 2 aromatic rings. The molecule has 0 saturated heterocycles. The van der Waals surface area contributed by atoms with Gasteiger partial charge in [0.05, 0.1) is 5.52 Å². The van der Waals surface area contributed by atoms with E-state index < -0.39 is 0 Å². The van der Waals surface area contributed by atoms with Crippen LogP contribution in [0.15, 0.2) is 36.5 Å². The number of nitrogens with one attached hydrogen (secondary N) is 1. The van der Waals surface area contributed by atoms with E-state index >= 15 is 0 Å². The SMILES string of the molecule is CCC1(NCc2ccc3ncccc3c2)CCC1. The molecule has 1 fully saturated rings. The Morgan fingerprint density at radius 1 is 1.28 bits per heavy atom. The summed E-state index contributed by atoms with van der Waals surface area (Å²) >= 11 is 0. The fourth-order valence-corrected chi connectivity index (χ4v) is 2.78. The van der Waals surface area contributed by atoms with Crippen molar-refractivity contribution in [2.24, 2.45) is 0 Å². The third kappa shape index (κ3) is 2.13. The van der Waals surface area contributed by atoms with Crippen LogP contribution in [0.3, 0.4) is 0 Å². The topological polar surface area (TPSA) is 24.9 Å². The number of pyridine rings is 1. The highest BCUT2D eigenvalue weighted by molar-refractivity contribution is 5.78. The first kappa shape index (κ1) is 11.7. The molecule has 1 aromatic heterocycles. The Bertz CT molecular complexity index is 538. The molecule has 1 N–H and O–H groups in total. The second-order valence-electron chi connectivity index (χ2n) is 5.37. The second kappa shape index (κ2) is 4.69. The molecule has 1 saturated carbocycles. The Balaban J connectivity index is 1.74. The molecule has 0 spiro atoms. The first-order valence-corrected chi connectivity index (χ1v) is 6.90. The maximum atomic E-state index is 4.35. The number of hydrogen-bond acceptors (Lipinski definition) is 2. The summed E-state index contributed by atoms with van der Waals surface area (Å²) in [5.74, 6) is 0. The summed E-state index contributed by atoms with van der Waals surface area (Å²) in [5, 5.41) is 4.98. The minimum absolute atomic E-state index is 0.421. The molecule has 1 heterocycles. The number of nitrogens with zero attached hydrogens (tertiary/aromatic N) is 1. The molecule has 0 aliphatic heterocycles. The van der Waals surface area contributed by atoms with E-state index in [-0.39, 0.29) is 0 Å². The van der Waals surface area contributed by atoms with Crippen LogP contribution in [-0.2, 0) is 6.54 Å². The summed E-state index contributed by atoms with van der Waals surface area (Å²) in [6, 6.07) is 10.7. The number of fused-ring (bicyclic) bond motifs is 1. The van der Waals surface area contributed by atoms with Crippen molar-refractivity contribution in [3.63, 3.8) is 0 Å². The molecule has 3 rings (SSSR count). The van der Waals surface area contributed by atoms with Gasteiger partial charge < -0.3 is 5.32 Å². The van der Waals surface area contributed by atoms with Gasteiger partial charge >= 0.3 is 0 Å². The summed E-state index contributed by atoms with van der Waals surface area (Å²) in [4.78, 5) is 4.35. The third-order valence-electron chi connectivity index (χ3n) is 4.32. The molecule has 0 bridgehead atoms. The zero-order chi connectivity index (χ0) is 12.4. The zero-order valence-electron chi connectivity index (χ0n) is 10.9. The summed E-state index contributed by atoms with van der Waals surface area (Å²) < 4.78 is 0. The summed E-state index contributed by atoms with van der Waals surface area (Å²) in [6.45, 7) is 3.26. The van der Waals surface area contributed by atoms with Crippen molar-refractivity contribution in [3.05, 3.63) is 42.1 Å². The van der Waals surface area contributed by atoms with Gasteiger partial charge in [0.2, 0.25) is 0 Å². The van der Waals surface area contributed by atoms with E-state index in [1.54, 1.807) is 0 Å². The smallest absolute Gasteiger partial charge is 0.0702 e. The average Bonchev–Trinajstić information content (AvgIpc) is 2.38.